The topological polar surface area (TPSA) is 21.3 Å². The van der Waals surface area contributed by atoms with Crippen molar-refractivity contribution in [2.45, 2.75) is 38.2 Å². The van der Waals surface area contributed by atoms with Gasteiger partial charge in [0, 0.05) is 7.11 Å². The monoisotopic (exact) mass is 169 g/mol. The van der Waals surface area contributed by atoms with E-state index in [1.165, 1.54) is 45.2 Å². The van der Waals surface area contributed by atoms with Gasteiger partial charge in [0.1, 0.15) is 0 Å². The van der Waals surface area contributed by atoms with Crippen LogP contribution in [0.3, 0.4) is 0 Å². The first-order valence-corrected chi connectivity index (χ1v) is 5.08. The van der Waals surface area contributed by atoms with Gasteiger partial charge >= 0.3 is 0 Å². The molecular formula is C10H19NO. The molecule has 0 bridgehead atoms. The van der Waals surface area contributed by atoms with E-state index in [1.807, 2.05) is 7.11 Å². The molecule has 0 aromatic rings. The van der Waals surface area contributed by atoms with Crippen LogP contribution >= 0.6 is 0 Å². The van der Waals surface area contributed by atoms with Gasteiger partial charge in [0.25, 0.3) is 0 Å². The molecule has 1 saturated carbocycles. The summed E-state index contributed by atoms with van der Waals surface area (Å²) in [5.41, 5.74) is 0.659. The van der Waals surface area contributed by atoms with Crippen LogP contribution in [0.5, 0.6) is 0 Å². The van der Waals surface area contributed by atoms with Crippen LogP contribution in [0, 0.1) is 5.41 Å². The van der Waals surface area contributed by atoms with Gasteiger partial charge in [-0.1, -0.05) is 0 Å². The maximum atomic E-state index is 5.42. The van der Waals surface area contributed by atoms with Crippen molar-refractivity contribution in [2.75, 3.05) is 20.2 Å². The second-order valence-corrected chi connectivity index (χ2v) is 4.35. The third-order valence-corrected chi connectivity index (χ3v) is 3.65. The second kappa shape index (κ2) is 3.35. The van der Waals surface area contributed by atoms with Crippen LogP contribution in [-0.2, 0) is 4.74 Å². The van der Waals surface area contributed by atoms with Gasteiger partial charge in [-0.05, 0) is 50.6 Å². The Hall–Kier alpha value is -0.0800. The summed E-state index contributed by atoms with van der Waals surface area (Å²) in [7, 11) is 1.85. The molecule has 70 valence electrons. The maximum Gasteiger partial charge on any atom is 0.0576 e. The first kappa shape index (κ1) is 8.52. The van der Waals surface area contributed by atoms with Crippen LogP contribution in [0.25, 0.3) is 0 Å². The highest BCUT2D eigenvalue weighted by Gasteiger charge is 2.39. The fraction of sp³-hybridized carbons (Fsp3) is 1.00. The summed E-state index contributed by atoms with van der Waals surface area (Å²) in [5.74, 6) is 0. The normalized spacial score (nSPS) is 34.2. The molecule has 0 aromatic heterocycles. The Kier molecular flexibility index (Phi) is 2.37. The van der Waals surface area contributed by atoms with Gasteiger partial charge in [-0.2, -0.15) is 0 Å². The Bertz CT molecular complexity index is 152. The lowest BCUT2D eigenvalue weighted by Gasteiger charge is -2.33. The van der Waals surface area contributed by atoms with E-state index in [1.54, 1.807) is 0 Å². The van der Waals surface area contributed by atoms with Crippen LogP contribution < -0.4 is 5.32 Å². The lowest BCUT2D eigenvalue weighted by molar-refractivity contribution is 0.0878. The molecule has 1 unspecified atom stereocenters. The van der Waals surface area contributed by atoms with E-state index in [4.69, 9.17) is 4.74 Å². The summed E-state index contributed by atoms with van der Waals surface area (Å²) in [6, 6.07) is 0. The molecule has 1 N–H and O–H groups in total. The summed E-state index contributed by atoms with van der Waals surface area (Å²) < 4.78 is 5.42. The summed E-state index contributed by atoms with van der Waals surface area (Å²) in [5, 5.41) is 3.43. The van der Waals surface area contributed by atoms with Crippen LogP contribution in [0.4, 0.5) is 0 Å². The Morgan fingerprint density at radius 2 is 2.00 bits per heavy atom. The number of hydrogen-bond acceptors (Lipinski definition) is 2. The number of ether oxygens (including phenoxy) is 1. The van der Waals surface area contributed by atoms with Gasteiger partial charge in [-0.15, -0.1) is 0 Å². The van der Waals surface area contributed by atoms with E-state index < -0.39 is 0 Å². The largest absolute Gasteiger partial charge is 0.381 e. The number of nitrogens with one attached hydrogen (secondary N) is 1. The highest BCUT2D eigenvalue weighted by molar-refractivity contribution is 4.92. The number of rotatable bonds is 1. The summed E-state index contributed by atoms with van der Waals surface area (Å²) in [6.07, 6.45) is 7.29. The number of hydrogen-bond donors (Lipinski definition) is 1. The van der Waals surface area contributed by atoms with E-state index in [9.17, 15) is 0 Å². The molecule has 0 aromatic carbocycles. The molecule has 0 radical (unpaired) electrons. The fourth-order valence-electron chi connectivity index (χ4n) is 2.77. The van der Waals surface area contributed by atoms with E-state index in [2.05, 4.69) is 5.32 Å². The van der Waals surface area contributed by atoms with Crippen molar-refractivity contribution < 1.29 is 4.74 Å². The van der Waals surface area contributed by atoms with Crippen LogP contribution in [0.1, 0.15) is 32.1 Å². The Morgan fingerprint density at radius 1 is 1.25 bits per heavy atom. The summed E-state index contributed by atoms with van der Waals surface area (Å²) in [4.78, 5) is 0. The molecule has 2 heteroatoms. The fourth-order valence-corrected chi connectivity index (χ4v) is 2.77. The van der Waals surface area contributed by atoms with E-state index in [0.717, 1.165) is 0 Å². The molecular weight excluding hydrogens is 150 g/mol. The van der Waals surface area contributed by atoms with Gasteiger partial charge in [-0.25, -0.2) is 0 Å². The van der Waals surface area contributed by atoms with Crippen LogP contribution in [0.15, 0.2) is 0 Å². The Labute approximate surface area is 74.7 Å². The third-order valence-electron chi connectivity index (χ3n) is 3.65. The minimum Gasteiger partial charge on any atom is -0.381 e. The van der Waals surface area contributed by atoms with Gasteiger partial charge in [0.15, 0.2) is 0 Å². The average molecular weight is 169 g/mol. The molecule has 1 aliphatic carbocycles. The van der Waals surface area contributed by atoms with Crippen molar-refractivity contribution in [1.82, 2.24) is 5.32 Å². The quantitative estimate of drug-likeness (QED) is 0.643. The Balaban J connectivity index is 1.94. The second-order valence-electron chi connectivity index (χ2n) is 4.35. The third kappa shape index (κ3) is 1.50. The van der Waals surface area contributed by atoms with Crippen molar-refractivity contribution in [3.05, 3.63) is 0 Å². The predicted octanol–water partition coefficient (Wildman–Crippen LogP) is 1.56. The van der Waals surface area contributed by atoms with Crippen molar-refractivity contribution in [3.8, 4) is 0 Å². The Morgan fingerprint density at radius 3 is 2.58 bits per heavy atom. The minimum absolute atomic E-state index is 0.558. The smallest absolute Gasteiger partial charge is 0.0576 e. The first-order chi connectivity index (χ1) is 5.85. The van der Waals surface area contributed by atoms with Crippen LogP contribution in [-0.4, -0.2) is 26.3 Å². The summed E-state index contributed by atoms with van der Waals surface area (Å²) in [6.45, 7) is 2.44. The SMILES string of the molecule is COC1CCC2(CCNCC2)C1. The number of methoxy groups -OCH3 is 1. The zero-order valence-electron chi connectivity index (χ0n) is 7.94. The summed E-state index contributed by atoms with van der Waals surface area (Å²) >= 11 is 0. The standard InChI is InChI=1S/C10H19NO/c1-12-9-2-3-10(8-9)4-6-11-7-5-10/h9,11H,2-8H2,1H3. The molecule has 0 amide bonds. The van der Waals surface area contributed by atoms with E-state index >= 15 is 0 Å². The zero-order chi connectivity index (χ0) is 8.44. The van der Waals surface area contributed by atoms with Gasteiger partial charge in [-0.3, -0.25) is 0 Å². The van der Waals surface area contributed by atoms with Gasteiger partial charge in [0.05, 0.1) is 6.10 Å². The van der Waals surface area contributed by atoms with E-state index in [0.29, 0.717) is 11.5 Å². The van der Waals surface area contributed by atoms with Gasteiger partial charge in [0.2, 0.25) is 0 Å². The molecule has 2 nitrogen and oxygen atoms in total. The molecule has 2 aliphatic rings. The first-order valence-electron chi connectivity index (χ1n) is 5.08. The molecule has 12 heavy (non-hydrogen) atoms. The average Bonchev–Trinajstić information content (AvgIpc) is 2.50. The van der Waals surface area contributed by atoms with Crippen LogP contribution in [0.2, 0.25) is 0 Å². The molecule has 1 spiro atoms. The maximum absolute atomic E-state index is 5.42. The van der Waals surface area contributed by atoms with Crippen molar-refractivity contribution >= 4 is 0 Å². The predicted molar refractivity (Wildman–Crippen MR) is 49.2 cm³/mol. The molecule has 1 aliphatic heterocycles. The van der Waals surface area contributed by atoms with Crippen molar-refractivity contribution in [1.29, 1.82) is 0 Å². The molecule has 2 fully saturated rings. The van der Waals surface area contributed by atoms with Crippen molar-refractivity contribution in [3.63, 3.8) is 0 Å². The zero-order valence-corrected chi connectivity index (χ0v) is 7.94. The highest BCUT2D eigenvalue weighted by Crippen LogP contribution is 2.45. The van der Waals surface area contributed by atoms with Crippen molar-refractivity contribution in [2.24, 2.45) is 5.41 Å². The lowest BCUT2D eigenvalue weighted by Crippen LogP contribution is -2.35. The van der Waals surface area contributed by atoms with Gasteiger partial charge < -0.3 is 10.1 Å². The molecule has 2 rings (SSSR count). The lowest BCUT2D eigenvalue weighted by atomic mass is 9.77. The molecule has 1 atom stereocenters. The minimum atomic E-state index is 0.558. The molecule has 1 saturated heterocycles. The number of piperidine rings is 1. The molecule has 1 heterocycles. The van der Waals surface area contributed by atoms with E-state index in [-0.39, 0.29) is 0 Å². The highest BCUT2D eigenvalue weighted by atomic mass is 16.5.